The van der Waals surface area contributed by atoms with Crippen molar-refractivity contribution in [2.24, 2.45) is 0 Å². The number of nitrogens with zero attached hydrogens (tertiary/aromatic N) is 1. The third-order valence-electron chi connectivity index (χ3n) is 4.28. The number of carbonyl (C=O) groups excluding carboxylic acids is 1. The minimum absolute atomic E-state index is 0.0632. The molecule has 5 nitrogen and oxygen atoms in total. The molecule has 0 aliphatic rings. The van der Waals surface area contributed by atoms with Crippen LogP contribution in [0.1, 0.15) is 66.9 Å². The van der Waals surface area contributed by atoms with Crippen molar-refractivity contribution in [2.45, 2.75) is 66.0 Å². The molecule has 136 valence electrons. The van der Waals surface area contributed by atoms with Gasteiger partial charge < -0.3 is 14.6 Å². The molecule has 0 aliphatic heterocycles. The number of rotatable bonds is 9. The van der Waals surface area contributed by atoms with Gasteiger partial charge in [0.05, 0.1) is 11.3 Å². The van der Waals surface area contributed by atoms with Crippen molar-refractivity contribution < 1.29 is 14.1 Å². The molecule has 1 N–H and O–H groups in total. The van der Waals surface area contributed by atoms with E-state index < -0.39 is 0 Å². The lowest BCUT2D eigenvalue weighted by Crippen LogP contribution is -2.32. The molecule has 1 atom stereocenters. The van der Waals surface area contributed by atoms with Gasteiger partial charge in [-0.05, 0) is 45.4 Å². The zero-order valence-electron chi connectivity index (χ0n) is 15.6. The summed E-state index contributed by atoms with van der Waals surface area (Å²) in [6.07, 6.45) is 4.52. The topological polar surface area (TPSA) is 64.4 Å². The molecule has 1 heterocycles. The predicted molar refractivity (Wildman–Crippen MR) is 97.8 cm³/mol. The number of benzene rings is 1. The van der Waals surface area contributed by atoms with Gasteiger partial charge in [0.25, 0.3) is 5.91 Å². The van der Waals surface area contributed by atoms with E-state index in [1.165, 1.54) is 12.8 Å². The fourth-order valence-corrected chi connectivity index (χ4v) is 2.67. The molecule has 0 unspecified atom stereocenters. The molecule has 2 aromatic rings. The van der Waals surface area contributed by atoms with Gasteiger partial charge in [-0.15, -0.1) is 0 Å². The molecule has 1 amide bonds. The average Bonchev–Trinajstić information content (AvgIpc) is 2.91. The molecular weight excluding hydrogens is 316 g/mol. The Bertz CT molecular complexity index is 674. The number of aromatic nitrogens is 1. The fraction of sp³-hybridized carbons (Fsp3) is 0.500. The van der Waals surface area contributed by atoms with Crippen molar-refractivity contribution in [2.75, 3.05) is 0 Å². The minimum Gasteiger partial charge on any atom is -0.489 e. The van der Waals surface area contributed by atoms with Crippen LogP contribution in [-0.2, 0) is 6.61 Å². The van der Waals surface area contributed by atoms with Crippen molar-refractivity contribution >= 4 is 5.91 Å². The highest BCUT2D eigenvalue weighted by molar-refractivity contribution is 5.94. The number of hydrogen-bond acceptors (Lipinski definition) is 4. The van der Waals surface area contributed by atoms with Crippen molar-refractivity contribution in [3.63, 3.8) is 0 Å². The van der Waals surface area contributed by atoms with Gasteiger partial charge in [-0.3, -0.25) is 4.79 Å². The normalized spacial score (nSPS) is 12.0. The number of hydrogen-bond donors (Lipinski definition) is 1. The Morgan fingerprint density at radius 3 is 2.80 bits per heavy atom. The molecule has 2 rings (SSSR count). The number of carbonyl (C=O) groups is 1. The second-order valence-electron chi connectivity index (χ2n) is 6.49. The highest BCUT2D eigenvalue weighted by Gasteiger charge is 2.12. The molecular formula is C20H28N2O3. The van der Waals surface area contributed by atoms with Crippen LogP contribution < -0.4 is 10.1 Å². The van der Waals surface area contributed by atoms with E-state index in [9.17, 15) is 4.79 Å². The van der Waals surface area contributed by atoms with Crippen LogP contribution >= 0.6 is 0 Å². The molecule has 1 aromatic heterocycles. The molecule has 25 heavy (non-hydrogen) atoms. The van der Waals surface area contributed by atoms with Gasteiger partial charge in [0.15, 0.2) is 0 Å². The Kier molecular flexibility index (Phi) is 7.04. The molecule has 0 spiro atoms. The van der Waals surface area contributed by atoms with Gasteiger partial charge in [0, 0.05) is 11.6 Å². The Morgan fingerprint density at radius 1 is 1.32 bits per heavy atom. The van der Waals surface area contributed by atoms with Gasteiger partial charge in [-0.1, -0.05) is 37.4 Å². The highest BCUT2D eigenvalue weighted by atomic mass is 16.5. The Morgan fingerprint density at radius 2 is 2.12 bits per heavy atom. The first kappa shape index (κ1) is 19.0. The van der Waals surface area contributed by atoms with Crippen molar-refractivity contribution in [3.05, 3.63) is 46.8 Å². The van der Waals surface area contributed by atoms with E-state index in [-0.39, 0.29) is 11.9 Å². The lowest BCUT2D eigenvalue weighted by atomic mass is 10.1. The first-order chi connectivity index (χ1) is 12.0. The van der Waals surface area contributed by atoms with Gasteiger partial charge in [0.2, 0.25) is 0 Å². The number of ether oxygens (including phenoxy) is 1. The summed E-state index contributed by atoms with van der Waals surface area (Å²) in [7, 11) is 0. The number of unbranched alkanes of at least 4 members (excludes halogenated alkanes) is 2. The fourth-order valence-electron chi connectivity index (χ4n) is 2.67. The molecule has 0 saturated heterocycles. The number of aryl methyl sites for hydroxylation is 2. The first-order valence-corrected chi connectivity index (χ1v) is 8.96. The van der Waals surface area contributed by atoms with Crippen LogP contribution in [-0.4, -0.2) is 17.1 Å². The second-order valence-corrected chi connectivity index (χ2v) is 6.49. The summed E-state index contributed by atoms with van der Waals surface area (Å²) < 4.78 is 10.9. The monoisotopic (exact) mass is 344 g/mol. The van der Waals surface area contributed by atoms with Crippen LogP contribution in [0.5, 0.6) is 5.75 Å². The lowest BCUT2D eigenvalue weighted by Gasteiger charge is -2.14. The van der Waals surface area contributed by atoms with E-state index in [2.05, 4.69) is 17.4 Å². The van der Waals surface area contributed by atoms with Gasteiger partial charge >= 0.3 is 0 Å². The van der Waals surface area contributed by atoms with Crippen molar-refractivity contribution in [1.82, 2.24) is 10.5 Å². The summed E-state index contributed by atoms with van der Waals surface area (Å²) >= 11 is 0. The minimum atomic E-state index is -0.0632. The lowest BCUT2D eigenvalue weighted by molar-refractivity contribution is 0.0937. The summed E-state index contributed by atoms with van der Waals surface area (Å²) in [5.41, 5.74) is 2.38. The molecule has 0 fully saturated rings. The quantitative estimate of drug-likeness (QED) is 0.677. The zero-order chi connectivity index (χ0) is 18.2. The maximum Gasteiger partial charge on any atom is 0.251 e. The third-order valence-corrected chi connectivity index (χ3v) is 4.28. The standard InChI is InChI=1S/C20H28N2O3/c1-5-6-7-9-14(2)21-20(23)17-10-8-11-18(12-17)24-13-19-15(3)22-25-16(19)4/h8,10-12,14H,5-7,9,13H2,1-4H3,(H,21,23)/t14-/m0/s1. The summed E-state index contributed by atoms with van der Waals surface area (Å²) in [6.45, 7) is 8.35. The molecule has 1 aromatic carbocycles. The maximum atomic E-state index is 12.4. The van der Waals surface area contributed by atoms with Crippen molar-refractivity contribution in [3.8, 4) is 5.75 Å². The molecule has 0 aliphatic carbocycles. The Balaban J connectivity index is 1.92. The van der Waals surface area contributed by atoms with E-state index in [0.717, 1.165) is 29.9 Å². The first-order valence-electron chi connectivity index (χ1n) is 8.96. The smallest absolute Gasteiger partial charge is 0.251 e. The van der Waals surface area contributed by atoms with E-state index in [4.69, 9.17) is 9.26 Å². The van der Waals surface area contributed by atoms with E-state index in [1.807, 2.05) is 32.9 Å². The summed E-state index contributed by atoms with van der Waals surface area (Å²) in [5, 5.41) is 6.97. The average molecular weight is 344 g/mol. The van der Waals surface area contributed by atoms with Gasteiger partial charge in [0.1, 0.15) is 18.1 Å². The van der Waals surface area contributed by atoms with E-state index in [0.29, 0.717) is 17.9 Å². The van der Waals surface area contributed by atoms with Crippen LogP contribution in [0.25, 0.3) is 0 Å². The Labute approximate surface area is 149 Å². The molecule has 0 saturated carbocycles. The van der Waals surface area contributed by atoms with Crippen LogP contribution in [0.4, 0.5) is 0 Å². The second kappa shape index (κ2) is 9.25. The van der Waals surface area contributed by atoms with E-state index >= 15 is 0 Å². The predicted octanol–water partition coefficient (Wildman–Crippen LogP) is 4.57. The van der Waals surface area contributed by atoms with Crippen LogP contribution in [0, 0.1) is 13.8 Å². The van der Waals surface area contributed by atoms with Crippen LogP contribution in [0.15, 0.2) is 28.8 Å². The SMILES string of the molecule is CCCCC[C@H](C)NC(=O)c1cccc(OCc2c(C)noc2C)c1. The summed E-state index contributed by atoms with van der Waals surface area (Å²) in [6, 6.07) is 7.42. The van der Waals surface area contributed by atoms with E-state index in [1.54, 1.807) is 12.1 Å². The largest absolute Gasteiger partial charge is 0.489 e. The maximum absolute atomic E-state index is 12.4. The highest BCUT2D eigenvalue weighted by Crippen LogP contribution is 2.18. The molecule has 0 bridgehead atoms. The third kappa shape index (κ3) is 5.62. The Hall–Kier alpha value is -2.30. The summed E-state index contributed by atoms with van der Waals surface area (Å²) in [5.74, 6) is 1.35. The number of nitrogens with one attached hydrogen (secondary N) is 1. The zero-order valence-corrected chi connectivity index (χ0v) is 15.6. The van der Waals surface area contributed by atoms with Crippen LogP contribution in [0.3, 0.4) is 0 Å². The van der Waals surface area contributed by atoms with Crippen LogP contribution in [0.2, 0.25) is 0 Å². The molecule has 5 heteroatoms. The van der Waals surface area contributed by atoms with Gasteiger partial charge in [-0.25, -0.2) is 0 Å². The van der Waals surface area contributed by atoms with Gasteiger partial charge in [-0.2, -0.15) is 0 Å². The molecule has 0 radical (unpaired) electrons. The number of amides is 1. The van der Waals surface area contributed by atoms with Crippen molar-refractivity contribution in [1.29, 1.82) is 0 Å². The summed E-state index contributed by atoms with van der Waals surface area (Å²) in [4.78, 5) is 12.4.